The molecule has 0 spiro atoms. The number of anilines is 1. The topological polar surface area (TPSA) is 116 Å². The Morgan fingerprint density at radius 1 is 0.854 bits per heavy atom. The number of alkyl halides is 2. The summed E-state index contributed by atoms with van der Waals surface area (Å²) in [5, 5.41) is 10.2. The molecular formula is C31H19Cl2F5N4O6. The van der Waals surface area contributed by atoms with E-state index in [1.165, 1.54) is 37.5 Å². The van der Waals surface area contributed by atoms with E-state index in [2.05, 4.69) is 0 Å². The zero-order chi connectivity index (χ0) is 34.6. The van der Waals surface area contributed by atoms with E-state index in [0.717, 1.165) is 20.0 Å². The van der Waals surface area contributed by atoms with E-state index in [0.29, 0.717) is 0 Å². The quantitative estimate of drug-likeness (QED) is 0.0839. The monoisotopic (exact) mass is 708 g/mol. The number of para-hydroxylation sites is 1. The van der Waals surface area contributed by atoms with Gasteiger partial charge in [-0.25, -0.2) is 50.4 Å². The molecule has 3 heterocycles. The lowest BCUT2D eigenvalue weighted by Crippen LogP contribution is -2.59. The summed E-state index contributed by atoms with van der Waals surface area (Å²) in [5.74, 6) is -17.7. The highest BCUT2D eigenvalue weighted by molar-refractivity contribution is 6.58. The molecule has 0 radical (unpaired) electrons. The Morgan fingerprint density at radius 2 is 1.48 bits per heavy atom. The number of hydrogen-bond acceptors (Lipinski definition) is 6. The van der Waals surface area contributed by atoms with Crippen LogP contribution in [-0.4, -0.2) is 47.7 Å². The molecule has 2 aliphatic heterocycles. The van der Waals surface area contributed by atoms with Crippen molar-refractivity contribution in [3.63, 3.8) is 0 Å². The van der Waals surface area contributed by atoms with Crippen molar-refractivity contribution >= 4 is 40.7 Å². The minimum Gasteiger partial charge on any atom is -0.508 e. The van der Waals surface area contributed by atoms with Crippen molar-refractivity contribution in [3.05, 3.63) is 116 Å². The van der Waals surface area contributed by atoms with Crippen LogP contribution in [-0.2, 0) is 16.1 Å². The SMILES string of the molecule is COc1cc(O)ccc1[C@H]1C2=CCn3c(=O)n(-c4ccccc4)c(=O)n3[C@@H]2C[C@@]2(Cl)C(=O)N(c3c(F)c(F)c(F)c(F)c3F)C(=O)[C@@]12Cl. The van der Waals surface area contributed by atoms with Crippen LogP contribution in [0.1, 0.15) is 23.9 Å². The second-order valence-electron chi connectivity index (χ2n) is 11.3. The Hall–Kier alpha value is -4.89. The zero-order valence-electron chi connectivity index (χ0n) is 24.2. The van der Waals surface area contributed by atoms with Gasteiger partial charge in [-0.1, -0.05) is 30.3 Å². The molecule has 4 atom stereocenters. The summed E-state index contributed by atoms with van der Waals surface area (Å²) in [6.45, 7) is -0.262. The number of aromatic hydroxyl groups is 1. The molecular weight excluding hydrogens is 690 g/mol. The predicted octanol–water partition coefficient (Wildman–Crippen LogP) is 4.41. The van der Waals surface area contributed by atoms with Gasteiger partial charge in [0.2, 0.25) is 5.82 Å². The van der Waals surface area contributed by atoms with Crippen LogP contribution >= 0.6 is 23.2 Å². The minimum atomic E-state index is -2.76. The molecule has 7 rings (SSSR count). The van der Waals surface area contributed by atoms with Crippen LogP contribution in [0, 0.1) is 29.1 Å². The Bertz CT molecular complexity index is 2230. The molecule has 48 heavy (non-hydrogen) atoms. The third-order valence-electron chi connectivity index (χ3n) is 9.03. The maximum atomic E-state index is 15.2. The normalized spacial score (nSPS) is 24.7. The number of halogens is 7. The molecule has 1 saturated carbocycles. The number of carbonyl (C=O) groups is 2. The fourth-order valence-corrected chi connectivity index (χ4v) is 7.82. The van der Waals surface area contributed by atoms with Gasteiger partial charge in [0, 0.05) is 24.0 Å². The molecule has 248 valence electrons. The molecule has 1 aromatic heterocycles. The van der Waals surface area contributed by atoms with Gasteiger partial charge in [-0.15, -0.1) is 23.2 Å². The van der Waals surface area contributed by atoms with E-state index in [9.17, 15) is 37.5 Å². The zero-order valence-corrected chi connectivity index (χ0v) is 25.7. The van der Waals surface area contributed by atoms with E-state index in [-0.39, 0.29) is 39.8 Å². The van der Waals surface area contributed by atoms with Crippen LogP contribution in [0.2, 0.25) is 0 Å². The van der Waals surface area contributed by atoms with Gasteiger partial charge in [0.15, 0.2) is 33.0 Å². The van der Waals surface area contributed by atoms with Crippen LogP contribution in [0.25, 0.3) is 5.69 Å². The van der Waals surface area contributed by atoms with E-state index < -0.39 is 86.1 Å². The maximum absolute atomic E-state index is 15.2. The largest absolute Gasteiger partial charge is 0.508 e. The molecule has 1 saturated heterocycles. The van der Waals surface area contributed by atoms with Gasteiger partial charge in [-0.2, -0.15) is 0 Å². The first-order valence-electron chi connectivity index (χ1n) is 14.1. The molecule has 2 amide bonds. The number of allylic oxidation sites excluding steroid dienone is 2. The minimum absolute atomic E-state index is 0.00183. The molecule has 2 fully saturated rings. The van der Waals surface area contributed by atoms with Crippen molar-refractivity contribution in [1.29, 1.82) is 0 Å². The summed E-state index contributed by atoms with van der Waals surface area (Å²) >= 11 is 14.2. The highest BCUT2D eigenvalue weighted by Crippen LogP contribution is 2.65. The highest BCUT2D eigenvalue weighted by Gasteiger charge is 2.76. The Balaban J connectivity index is 1.52. The average molecular weight is 709 g/mol. The molecule has 0 unspecified atom stereocenters. The Morgan fingerprint density at radius 3 is 2.10 bits per heavy atom. The summed E-state index contributed by atoms with van der Waals surface area (Å²) in [4.78, 5) is 50.3. The molecule has 10 nitrogen and oxygen atoms in total. The number of fused-ring (bicyclic) bond motifs is 4. The van der Waals surface area contributed by atoms with Gasteiger partial charge in [-0.3, -0.25) is 9.59 Å². The fraction of sp³-hybridized carbons (Fsp3) is 0.226. The second-order valence-corrected chi connectivity index (χ2v) is 12.6. The number of phenolic OH excluding ortho intramolecular Hbond substituents is 1. The number of imide groups is 1. The molecule has 4 aromatic rings. The highest BCUT2D eigenvalue weighted by atomic mass is 35.5. The summed E-state index contributed by atoms with van der Waals surface area (Å²) in [6, 6.07) is 10.1. The van der Waals surface area contributed by atoms with Crippen molar-refractivity contribution in [2.24, 2.45) is 0 Å². The van der Waals surface area contributed by atoms with E-state index in [1.54, 1.807) is 18.2 Å². The lowest BCUT2D eigenvalue weighted by Gasteiger charge is -2.49. The smallest absolute Gasteiger partial charge is 0.352 e. The first-order chi connectivity index (χ1) is 22.7. The number of hydrogen-bond donors (Lipinski definition) is 1. The van der Waals surface area contributed by atoms with Crippen molar-refractivity contribution in [1.82, 2.24) is 13.9 Å². The third kappa shape index (κ3) is 3.85. The van der Waals surface area contributed by atoms with Gasteiger partial charge >= 0.3 is 11.4 Å². The van der Waals surface area contributed by atoms with Crippen LogP contribution in [0.4, 0.5) is 27.6 Å². The summed E-state index contributed by atoms with van der Waals surface area (Å²) in [6.07, 6.45) is 0.701. The number of methoxy groups -OCH3 is 1. The third-order valence-corrected chi connectivity index (χ3v) is 10.4. The fourth-order valence-electron chi connectivity index (χ4n) is 6.91. The van der Waals surface area contributed by atoms with Gasteiger partial charge in [-0.05, 0) is 23.8 Å². The van der Waals surface area contributed by atoms with E-state index in [1.807, 2.05) is 0 Å². The second kappa shape index (κ2) is 10.6. The lowest BCUT2D eigenvalue weighted by atomic mass is 9.64. The first-order valence-corrected chi connectivity index (χ1v) is 14.8. The summed E-state index contributed by atoms with van der Waals surface area (Å²) in [7, 11) is 1.20. The molecule has 1 N–H and O–H groups in total. The van der Waals surface area contributed by atoms with Crippen LogP contribution < -0.4 is 21.0 Å². The first kappa shape index (κ1) is 31.7. The van der Waals surface area contributed by atoms with Gasteiger partial charge < -0.3 is 9.84 Å². The number of aromatic nitrogens is 3. The molecule has 3 aliphatic rings. The van der Waals surface area contributed by atoms with Crippen molar-refractivity contribution < 1.29 is 41.4 Å². The lowest BCUT2D eigenvalue weighted by molar-refractivity contribution is -0.122. The number of nitrogens with zero attached hydrogens (tertiary/aromatic N) is 4. The van der Waals surface area contributed by atoms with Crippen molar-refractivity contribution in [2.45, 2.75) is 34.7 Å². The average Bonchev–Trinajstić information content (AvgIpc) is 3.41. The number of phenols is 1. The van der Waals surface area contributed by atoms with Crippen molar-refractivity contribution in [3.8, 4) is 17.2 Å². The molecule has 0 bridgehead atoms. The van der Waals surface area contributed by atoms with Gasteiger partial charge in [0.25, 0.3) is 11.8 Å². The van der Waals surface area contributed by atoms with Crippen LogP contribution in [0.15, 0.2) is 69.8 Å². The standard InChI is InChI=1S/C31H19Cl2F5N4O6/c1-48-18-11-14(43)7-8-16(18)19-15-9-10-39-28(46)40(13-5-3-2-4-6-13)29(47)42(39)17(15)12-30(32)26(44)41(27(45)31(19,30)33)25-23(37)21(35)20(34)22(36)24(25)38/h2-9,11,17,19,43H,10,12H2,1H3/t17-,19-,30-,31+/m1/s1. The Kier molecular flexibility index (Phi) is 6.97. The van der Waals surface area contributed by atoms with Crippen LogP contribution in [0.3, 0.4) is 0 Å². The number of rotatable bonds is 4. The number of carbonyl (C=O) groups excluding carboxylic acids is 2. The van der Waals surface area contributed by atoms with Crippen LogP contribution in [0.5, 0.6) is 11.5 Å². The molecule has 3 aromatic carbocycles. The maximum Gasteiger partial charge on any atom is 0.352 e. The van der Waals surface area contributed by atoms with Crippen molar-refractivity contribution in [2.75, 3.05) is 12.0 Å². The number of ether oxygens (including phenoxy) is 1. The summed E-state index contributed by atoms with van der Waals surface area (Å²) < 4.78 is 81.4. The van der Waals surface area contributed by atoms with Gasteiger partial charge in [0.1, 0.15) is 17.2 Å². The Labute approximate surface area is 275 Å². The molecule has 1 aliphatic carbocycles. The summed E-state index contributed by atoms with van der Waals surface area (Å²) in [5.41, 5.74) is -3.21. The van der Waals surface area contributed by atoms with E-state index in [4.69, 9.17) is 27.9 Å². The van der Waals surface area contributed by atoms with E-state index >= 15 is 8.78 Å². The number of benzene rings is 3. The predicted molar refractivity (Wildman–Crippen MR) is 159 cm³/mol. The number of amides is 2. The molecule has 17 heteroatoms. The van der Waals surface area contributed by atoms with Gasteiger partial charge in [0.05, 0.1) is 25.4 Å².